The first-order chi connectivity index (χ1) is 11.7. The highest BCUT2D eigenvalue weighted by molar-refractivity contribution is 6.31. The second-order valence-electron chi connectivity index (χ2n) is 6.78. The Morgan fingerprint density at radius 3 is 2.64 bits per heavy atom. The van der Waals surface area contributed by atoms with Crippen LogP contribution in [0.4, 0.5) is 0 Å². The minimum Gasteiger partial charge on any atom is -0.483 e. The molecule has 1 fully saturated rings. The predicted octanol–water partition coefficient (Wildman–Crippen LogP) is 2.80. The number of benzene rings is 1. The summed E-state index contributed by atoms with van der Waals surface area (Å²) in [6.07, 6.45) is 0.00969. The Morgan fingerprint density at radius 2 is 2.08 bits per heavy atom. The number of ether oxygens (including phenoxy) is 2. The summed E-state index contributed by atoms with van der Waals surface area (Å²) in [5.41, 5.74) is -1.36. The number of carboxylic acid groups (broad SMARTS) is 1. The van der Waals surface area contributed by atoms with Crippen LogP contribution in [0, 0.1) is 12.3 Å². The van der Waals surface area contributed by atoms with Crippen LogP contribution in [0.3, 0.4) is 0 Å². The summed E-state index contributed by atoms with van der Waals surface area (Å²) in [5.74, 6) is -1.07. The van der Waals surface area contributed by atoms with E-state index in [9.17, 15) is 14.7 Å². The van der Waals surface area contributed by atoms with Crippen LogP contribution in [0.2, 0.25) is 5.02 Å². The van der Waals surface area contributed by atoms with Crippen molar-refractivity contribution in [2.45, 2.75) is 45.8 Å². The molecule has 0 radical (unpaired) electrons. The molecule has 1 aromatic rings. The Hall–Kier alpha value is -1.79. The highest BCUT2D eigenvalue weighted by Gasteiger charge is 2.66. The topological polar surface area (TPSA) is 84.9 Å². The lowest BCUT2D eigenvalue weighted by atomic mass is 9.54. The zero-order valence-corrected chi connectivity index (χ0v) is 15.6. The average molecular weight is 370 g/mol. The molecule has 1 aliphatic rings. The van der Waals surface area contributed by atoms with Crippen molar-refractivity contribution in [3.8, 4) is 5.75 Å². The van der Waals surface area contributed by atoms with Gasteiger partial charge in [-0.2, -0.15) is 0 Å². The number of rotatable bonds is 7. The molecule has 6 nitrogen and oxygen atoms in total. The van der Waals surface area contributed by atoms with Crippen molar-refractivity contribution in [1.29, 1.82) is 0 Å². The molecule has 2 N–H and O–H groups in total. The number of hydrogen-bond acceptors (Lipinski definition) is 4. The number of nitrogens with one attached hydrogen (secondary N) is 1. The van der Waals surface area contributed by atoms with Crippen LogP contribution < -0.4 is 10.1 Å². The summed E-state index contributed by atoms with van der Waals surface area (Å²) in [6, 6.07) is 5.16. The van der Waals surface area contributed by atoms with Crippen LogP contribution in [0.5, 0.6) is 5.75 Å². The quantitative estimate of drug-likeness (QED) is 0.772. The maximum Gasteiger partial charge on any atom is 0.330 e. The van der Waals surface area contributed by atoms with Crippen LogP contribution >= 0.6 is 11.6 Å². The number of aliphatic carboxylic acids is 1. The van der Waals surface area contributed by atoms with Crippen LogP contribution in [0.15, 0.2) is 18.2 Å². The number of halogens is 1. The molecule has 0 aliphatic heterocycles. The van der Waals surface area contributed by atoms with Gasteiger partial charge in [0.1, 0.15) is 11.3 Å². The highest BCUT2D eigenvalue weighted by atomic mass is 35.5. The summed E-state index contributed by atoms with van der Waals surface area (Å²) in [7, 11) is 0. The molecular weight excluding hydrogens is 346 g/mol. The molecule has 138 valence electrons. The Bertz CT molecular complexity index is 675. The number of hydrogen-bond donors (Lipinski definition) is 2. The monoisotopic (exact) mass is 369 g/mol. The Labute approximate surface area is 152 Å². The van der Waals surface area contributed by atoms with Gasteiger partial charge in [0.2, 0.25) is 0 Å². The summed E-state index contributed by atoms with van der Waals surface area (Å²) < 4.78 is 11.1. The summed E-state index contributed by atoms with van der Waals surface area (Å²) >= 11 is 6.02. The molecule has 1 amide bonds. The predicted molar refractivity (Wildman–Crippen MR) is 94.0 cm³/mol. The molecule has 0 spiro atoms. The van der Waals surface area contributed by atoms with Crippen molar-refractivity contribution in [3.63, 3.8) is 0 Å². The van der Waals surface area contributed by atoms with Gasteiger partial charge in [0.25, 0.3) is 5.91 Å². The zero-order valence-electron chi connectivity index (χ0n) is 14.9. The molecule has 1 aliphatic carbocycles. The molecule has 0 heterocycles. The zero-order chi connectivity index (χ0) is 18.8. The van der Waals surface area contributed by atoms with Crippen molar-refractivity contribution in [2.24, 2.45) is 5.41 Å². The lowest BCUT2D eigenvalue weighted by molar-refractivity contribution is -0.194. The van der Waals surface area contributed by atoms with Gasteiger partial charge in [0, 0.05) is 29.0 Å². The maximum atomic E-state index is 12.3. The minimum absolute atomic E-state index is 0.218. The molecule has 7 heteroatoms. The van der Waals surface area contributed by atoms with E-state index in [0.29, 0.717) is 17.4 Å². The van der Waals surface area contributed by atoms with Gasteiger partial charge in [0.05, 0.1) is 6.10 Å². The average Bonchev–Trinajstić information content (AvgIpc) is 2.54. The molecule has 2 atom stereocenters. The highest BCUT2D eigenvalue weighted by Crippen LogP contribution is 2.51. The van der Waals surface area contributed by atoms with Gasteiger partial charge >= 0.3 is 5.97 Å². The standard InChI is InChI=1S/C18H24ClNO5/c1-5-24-14-9-18(16(22)23,17(14,3)4)20-15(21)10-25-13-8-6-7-12(19)11(13)2/h6-8,14H,5,9-10H2,1-4H3,(H,20,21)(H,22,23). The van der Waals surface area contributed by atoms with E-state index in [-0.39, 0.29) is 19.1 Å². The van der Waals surface area contributed by atoms with Gasteiger partial charge in [-0.05, 0) is 26.0 Å². The molecule has 2 rings (SSSR count). The van der Waals surface area contributed by atoms with E-state index in [1.165, 1.54) is 0 Å². The Morgan fingerprint density at radius 1 is 1.40 bits per heavy atom. The first-order valence-corrected chi connectivity index (χ1v) is 8.57. The second kappa shape index (κ2) is 7.22. The van der Waals surface area contributed by atoms with Gasteiger partial charge < -0.3 is 19.9 Å². The summed E-state index contributed by atoms with van der Waals surface area (Å²) in [5, 5.41) is 12.9. The van der Waals surface area contributed by atoms with Crippen molar-refractivity contribution >= 4 is 23.5 Å². The van der Waals surface area contributed by atoms with E-state index in [1.807, 2.05) is 6.92 Å². The third-order valence-electron chi connectivity index (χ3n) is 5.06. The third kappa shape index (κ3) is 3.46. The normalized spacial score (nSPS) is 24.3. The van der Waals surface area contributed by atoms with Crippen molar-refractivity contribution < 1.29 is 24.2 Å². The van der Waals surface area contributed by atoms with Gasteiger partial charge in [-0.1, -0.05) is 31.5 Å². The molecule has 25 heavy (non-hydrogen) atoms. The molecule has 0 saturated heterocycles. The van der Waals surface area contributed by atoms with E-state index >= 15 is 0 Å². The Balaban J connectivity index is 2.05. The SMILES string of the molecule is CCOC1CC(NC(=O)COc2cccc(Cl)c2C)(C(=O)O)C1(C)C. The van der Waals surface area contributed by atoms with E-state index in [0.717, 1.165) is 5.56 Å². The molecule has 1 saturated carbocycles. The molecular formula is C18H24ClNO5. The fourth-order valence-corrected chi connectivity index (χ4v) is 3.36. The van der Waals surface area contributed by atoms with Gasteiger partial charge in [0.15, 0.2) is 6.61 Å². The summed E-state index contributed by atoms with van der Waals surface area (Å²) in [6.45, 7) is 7.42. The first kappa shape index (κ1) is 19.5. The molecule has 2 unspecified atom stereocenters. The van der Waals surface area contributed by atoms with E-state index in [1.54, 1.807) is 39.0 Å². The lowest BCUT2D eigenvalue weighted by Gasteiger charge is -2.58. The fraction of sp³-hybridized carbons (Fsp3) is 0.556. The van der Waals surface area contributed by atoms with Crippen LogP contribution in [0.25, 0.3) is 0 Å². The van der Waals surface area contributed by atoms with E-state index in [2.05, 4.69) is 5.32 Å². The number of carbonyl (C=O) groups is 2. The number of carbonyl (C=O) groups excluding carboxylic acids is 1. The van der Waals surface area contributed by atoms with Gasteiger partial charge in [-0.25, -0.2) is 4.79 Å². The first-order valence-electron chi connectivity index (χ1n) is 8.19. The van der Waals surface area contributed by atoms with Crippen LogP contribution in [-0.4, -0.2) is 41.8 Å². The largest absolute Gasteiger partial charge is 0.483 e. The number of carboxylic acids is 1. The van der Waals surface area contributed by atoms with E-state index < -0.39 is 22.8 Å². The number of amides is 1. The fourth-order valence-electron chi connectivity index (χ4n) is 3.20. The maximum absolute atomic E-state index is 12.3. The molecule has 0 aromatic heterocycles. The Kier molecular flexibility index (Phi) is 5.64. The molecule has 1 aromatic carbocycles. The smallest absolute Gasteiger partial charge is 0.330 e. The van der Waals surface area contributed by atoms with Gasteiger partial charge in [-0.15, -0.1) is 0 Å². The van der Waals surface area contributed by atoms with Crippen LogP contribution in [0.1, 0.15) is 32.8 Å². The van der Waals surface area contributed by atoms with E-state index in [4.69, 9.17) is 21.1 Å². The van der Waals surface area contributed by atoms with Gasteiger partial charge in [-0.3, -0.25) is 4.79 Å². The molecule has 0 bridgehead atoms. The van der Waals surface area contributed by atoms with Crippen molar-refractivity contribution in [3.05, 3.63) is 28.8 Å². The third-order valence-corrected chi connectivity index (χ3v) is 5.47. The van der Waals surface area contributed by atoms with Crippen molar-refractivity contribution in [1.82, 2.24) is 5.32 Å². The second-order valence-corrected chi connectivity index (χ2v) is 7.19. The lowest BCUT2D eigenvalue weighted by Crippen LogP contribution is -2.76. The van der Waals surface area contributed by atoms with Crippen molar-refractivity contribution in [2.75, 3.05) is 13.2 Å². The minimum atomic E-state index is -1.36. The van der Waals surface area contributed by atoms with Crippen LogP contribution in [-0.2, 0) is 14.3 Å². The summed E-state index contributed by atoms with van der Waals surface area (Å²) in [4.78, 5) is 24.2.